The first-order valence-corrected chi connectivity index (χ1v) is 8.34. The van der Waals surface area contributed by atoms with Gasteiger partial charge in [-0.2, -0.15) is 0 Å². The second-order valence-corrected chi connectivity index (χ2v) is 6.32. The first kappa shape index (κ1) is 19.1. The summed E-state index contributed by atoms with van der Waals surface area (Å²) in [5.41, 5.74) is 6.04. The maximum Gasteiger partial charge on any atom is 0.193 e. The maximum absolute atomic E-state index is 10.4. The number of nitrogens with zero attached hydrogens (tertiary/aromatic N) is 1. The lowest BCUT2D eigenvalue weighted by molar-refractivity contribution is 0.0132. The van der Waals surface area contributed by atoms with E-state index >= 15 is 0 Å². The van der Waals surface area contributed by atoms with Crippen LogP contribution in [-0.4, -0.2) is 36.4 Å². The minimum atomic E-state index is -0.699. The van der Waals surface area contributed by atoms with Crippen molar-refractivity contribution < 1.29 is 14.6 Å². The lowest BCUT2D eigenvalue weighted by Gasteiger charge is -2.30. The molecule has 1 saturated carbocycles. The molecule has 1 aromatic carbocycles. The molecule has 7 heteroatoms. The molecule has 1 aromatic rings. The van der Waals surface area contributed by atoms with Crippen LogP contribution in [0, 0.1) is 0 Å². The number of nitrogens with two attached hydrogens (primary N) is 1. The first-order valence-electron chi connectivity index (χ1n) is 8.34. The van der Waals surface area contributed by atoms with Crippen molar-refractivity contribution in [3.05, 3.63) is 18.2 Å². The Morgan fingerprint density at radius 2 is 1.83 bits per heavy atom. The van der Waals surface area contributed by atoms with Gasteiger partial charge in [-0.15, -0.1) is 24.0 Å². The molecule has 0 amide bonds. The van der Waals surface area contributed by atoms with Crippen LogP contribution in [0.4, 0.5) is 5.69 Å². The average molecular weight is 447 g/mol. The summed E-state index contributed by atoms with van der Waals surface area (Å²) in [6.07, 6.45) is 5.78. The topological polar surface area (TPSA) is 89.1 Å². The number of benzene rings is 1. The fraction of sp³-hybridized carbons (Fsp3) is 0.588. The van der Waals surface area contributed by atoms with Crippen molar-refractivity contribution >= 4 is 35.6 Å². The van der Waals surface area contributed by atoms with E-state index in [1.54, 1.807) is 0 Å². The molecular formula is C17H26IN3O3. The number of anilines is 1. The second-order valence-electron chi connectivity index (χ2n) is 6.32. The standard InChI is InChI=1S/C17H25N3O3.HI/c18-16(19-12-17(21)7-2-1-3-8-17)20-13-5-6-14-15(11-13)23-10-4-9-22-14;/h5-6,11,21H,1-4,7-10,12H2,(H3,18,19,20);1H. The van der Waals surface area contributed by atoms with Crippen LogP contribution in [0.15, 0.2) is 23.2 Å². The minimum absolute atomic E-state index is 0. The molecule has 2 aliphatic rings. The fourth-order valence-corrected chi connectivity index (χ4v) is 3.03. The van der Waals surface area contributed by atoms with E-state index in [4.69, 9.17) is 15.2 Å². The number of fused-ring (bicyclic) bond motifs is 1. The molecule has 0 aromatic heterocycles. The molecule has 0 bridgehead atoms. The van der Waals surface area contributed by atoms with Gasteiger partial charge in [0.15, 0.2) is 17.5 Å². The van der Waals surface area contributed by atoms with Crippen molar-refractivity contribution in [2.24, 2.45) is 10.7 Å². The van der Waals surface area contributed by atoms with Gasteiger partial charge in [-0.25, -0.2) is 0 Å². The van der Waals surface area contributed by atoms with E-state index in [1.165, 1.54) is 6.42 Å². The highest BCUT2D eigenvalue weighted by Crippen LogP contribution is 2.32. The molecule has 0 radical (unpaired) electrons. The predicted molar refractivity (Wildman–Crippen MR) is 106 cm³/mol. The van der Waals surface area contributed by atoms with Crippen LogP contribution in [0.5, 0.6) is 11.5 Å². The van der Waals surface area contributed by atoms with Crippen LogP contribution in [0.2, 0.25) is 0 Å². The Labute approximate surface area is 159 Å². The molecule has 3 rings (SSSR count). The van der Waals surface area contributed by atoms with E-state index in [0.29, 0.717) is 31.5 Å². The van der Waals surface area contributed by atoms with Gasteiger partial charge >= 0.3 is 0 Å². The molecule has 1 aliphatic heterocycles. The summed E-state index contributed by atoms with van der Waals surface area (Å²) in [4.78, 5) is 4.31. The summed E-state index contributed by atoms with van der Waals surface area (Å²) in [5.74, 6) is 1.77. The number of hydrogen-bond donors (Lipinski definition) is 3. The number of rotatable bonds is 3. The third-order valence-electron chi connectivity index (χ3n) is 4.35. The highest BCUT2D eigenvalue weighted by molar-refractivity contribution is 14.0. The molecule has 0 saturated heterocycles. The molecular weight excluding hydrogens is 421 g/mol. The summed E-state index contributed by atoms with van der Waals surface area (Å²) in [7, 11) is 0. The van der Waals surface area contributed by atoms with Crippen LogP contribution in [0.25, 0.3) is 0 Å². The quantitative estimate of drug-likeness (QED) is 0.377. The zero-order valence-electron chi connectivity index (χ0n) is 13.8. The first-order chi connectivity index (χ1) is 11.1. The molecule has 134 valence electrons. The third kappa shape index (κ3) is 5.14. The van der Waals surface area contributed by atoms with E-state index in [9.17, 15) is 5.11 Å². The Balaban J connectivity index is 0.00000208. The lowest BCUT2D eigenvalue weighted by atomic mass is 9.85. The normalized spacial score (nSPS) is 19.8. The van der Waals surface area contributed by atoms with Gasteiger partial charge in [0, 0.05) is 18.2 Å². The molecule has 4 N–H and O–H groups in total. The molecule has 1 aliphatic carbocycles. The number of guanidine groups is 1. The van der Waals surface area contributed by atoms with Gasteiger partial charge in [0.25, 0.3) is 0 Å². The molecule has 0 spiro atoms. The van der Waals surface area contributed by atoms with Crippen molar-refractivity contribution in [1.29, 1.82) is 0 Å². The SMILES string of the molecule is I.NC(=NCC1(O)CCCCC1)Nc1ccc2c(c1)OCCCO2. The number of nitrogens with one attached hydrogen (secondary N) is 1. The lowest BCUT2D eigenvalue weighted by Crippen LogP contribution is -2.36. The Kier molecular flexibility index (Phi) is 6.97. The fourth-order valence-electron chi connectivity index (χ4n) is 3.03. The molecule has 1 heterocycles. The molecule has 1 fully saturated rings. The van der Waals surface area contributed by atoms with Gasteiger partial charge in [-0.3, -0.25) is 4.99 Å². The minimum Gasteiger partial charge on any atom is -0.490 e. The van der Waals surface area contributed by atoms with Crippen LogP contribution < -0.4 is 20.5 Å². The van der Waals surface area contributed by atoms with Crippen molar-refractivity contribution in [3.8, 4) is 11.5 Å². The van der Waals surface area contributed by atoms with Crippen LogP contribution in [0.1, 0.15) is 38.5 Å². The van der Waals surface area contributed by atoms with Crippen LogP contribution in [-0.2, 0) is 0 Å². The van der Waals surface area contributed by atoms with Gasteiger partial charge in [-0.05, 0) is 25.0 Å². The Bertz CT molecular complexity index is 574. The molecule has 24 heavy (non-hydrogen) atoms. The van der Waals surface area contributed by atoms with Crippen LogP contribution in [0.3, 0.4) is 0 Å². The van der Waals surface area contributed by atoms with Crippen molar-refractivity contribution in [3.63, 3.8) is 0 Å². The summed E-state index contributed by atoms with van der Waals surface area (Å²) in [6, 6.07) is 5.61. The smallest absolute Gasteiger partial charge is 0.193 e. The Morgan fingerprint density at radius 1 is 1.12 bits per heavy atom. The largest absolute Gasteiger partial charge is 0.490 e. The monoisotopic (exact) mass is 447 g/mol. The van der Waals surface area contributed by atoms with Crippen molar-refractivity contribution in [1.82, 2.24) is 0 Å². The predicted octanol–water partition coefficient (Wildman–Crippen LogP) is 2.89. The third-order valence-corrected chi connectivity index (χ3v) is 4.35. The highest BCUT2D eigenvalue weighted by Gasteiger charge is 2.28. The summed E-state index contributed by atoms with van der Waals surface area (Å²) < 4.78 is 11.3. The number of ether oxygens (including phenoxy) is 2. The van der Waals surface area contributed by atoms with Crippen molar-refractivity contribution in [2.45, 2.75) is 44.1 Å². The average Bonchev–Trinajstić information content (AvgIpc) is 2.79. The van der Waals surface area contributed by atoms with E-state index < -0.39 is 5.60 Å². The second kappa shape index (κ2) is 8.75. The molecule has 0 unspecified atom stereocenters. The highest BCUT2D eigenvalue weighted by atomic mass is 127. The van der Waals surface area contributed by atoms with Crippen LogP contribution >= 0.6 is 24.0 Å². The van der Waals surface area contributed by atoms with Gasteiger partial charge in [0.2, 0.25) is 0 Å². The van der Waals surface area contributed by atoms with E-state index in [-0.39, 0.29) is 24.0 Å². The van der Waals surface area contributed by atoms with Gasteiger partial charge in [0.05, 0.1) is 25.4 Å². The summed E-state index contributed by atoms with van der Waals surface area (Å²) in [5, 5.41) is 13.5. The number of halogens is 1. The van der Waals surface area contributed by atoms with Gasteiger partial charge in [0.1, 0.15) is 0 Å². The zero-order valence-corrected chi connectivity index (χ0v) is 16.1. The number of hydrogen-bond acceptors (Lipinski definition) is 4. The zero-order chi connectivity index (χ0) is 16.1. The van der Waals surface area contributed by atoms with E-state index in [0.717, 1.165) is 43.5 Å². The van der Waals surface area contributed by atoms with E-state index in [2.05, 4.69) is 10.3 Å². The van der Waals surface area contributed by atoms with E-state index in [1.807, 2.05) is 18.2 Å². The van der Waals surface area contributed by atoms with Gasteiger partial charge in [-0.1, -0.05) is 19.3 Å². The van der Waals surface area contributed by atoms with Crippen molar-refractivity contribution in [2.75, 3.05) is 25.1 Å². The maximum atomic E-state index is 10.4. The number of aliphatic imine (C=N–C) groups is 1. The molecule has 0 atom stereocenters. The van der Waals surface area contributed by atoms with Gasteiger partial charge < -0.3 is 25.6 Å². The Hall–Kier alpha value is -1.22. The Morgan fingerprint density at radius 3 is 2.58 bits per heavy atom. The molecule has 6 nitrogen and oxygen atoms in total. The summed E-state index contributed by atoms with van der Waals surface area (Å²) in [6.45, 7) is 1.66. The summed E-state index contributed by atoms with van der Waals surface area (Å²) >= 11 is 0. The number of aliphatic hydroxyl groups is 1.